The van der Waals surface area contributed by atoms with Gasteiger partial charge in [0, 0.05) is 23.1 Å². The van der Waals surface area contributed by atoms with Gasteiger partial charge in [-0.15, -0.1) is 0 Å². The molecule has 3 unspecified atom stereocenters. The molecule has 12 aromatic carbocycles. The molecule has 0 saturated heterocycles. The number of fused-ring (bicyclic) bond motifs is 4. The monoisotopic (exact) mass is 1850 g/mol. The fraction of sp³-hybridized carbons (Fsp3) is 0.299. The molecule has 0 saturated carbocycles. The fourth-order valence-corrected chi connectivity index (χ4v) is 17.1. The number of ether oxygens (including phenoxy) is 7. The lowest BCUT2D eigenvalue weighted by Gasteiger charge is -2.22. The number of aryl methyl sites for hydroxylation is 8. The Morgan fingerprint density at radius 3 is 1.31 bits per heavy atom. The number of aliphatic hydroxyl groups is 3. The van der Waals surface area contributed by atoms with Crippen molar-refractivity contribution in [2.45, 2.75) is 140 Å². The van der Waals surface area contributed by atoms with E-state index in [0.717, 1.165) is 155 Å². The van der Waals surface area contributed by atoms with Gasteiger partial charge in [0.25, 0.3) is 0 Å². The molecule has 12 aromatic rings. The van der Waals surface area contributed by atoms with E-state index in [4.69, 9.17) is 38.3 Å². The van der Waals surface area contributed by atoms with Gasteiger partial charge in [-0.2, -0.15) is 0 Å². The van der Waals surface area contributed by atoms with Crippen LogP contribution >= 0.6 is 0 Å². The highest BCUT2D eigenvalue weighted by atomic mass is 19.1. The van der Waals surface area contributed by atoms with Crippen molar-refractivity contribution in [2.75, 3.05) is 66.1 Å². The number of rotatable bonds is 32. The molecule has 18 nitrogen and oxygen atoms in total. The average molecular weight is 1850 g/mol. The molecule has 7 N–H and O–H groups in total. The second-order valence-corrected chi connectivity index (χ2v) is 36.6. The van der Waals surface area contributed by atoms with Crippen LogP contribution in [0.4, 0.5) is 8.78 Å². The zero-order valence-electron chi connectivity index (χ0n) is 79.6. The normalized spacial score (nSPS) is 14.4. The number of hydrogen-bond donors (Lipinski definition) is 7. The Hall–Kier alpha value is -13.9. The van der Waals surface area contributed by atoms with E-state index in [1.165, 1.54) is 51.9 Å². The van der Waals surface area contributed by atoms with Crippen LogP contribution in [0.1, 0.15) is 159 Å². The Morgan fingerprint density at radius 2 is 0.766 bits per heavy atom. The summed E-state index contributed by atoms with van der Waals surface area (Å²) >= 11 is 0. The summed E-state index contributed by atoms with van der Waals surface area (Å²) in [5.41, 5.74) is 24.9. The average Bonchev–Trinajstić information content (AvgIpc) is 1.79. The maximum Gasteiger partial charge on any atom is 0.311 e. The molecule has 0 spiro atoms. The Labute approximate surface area is 801 Å². The molecule has 16 rings (SSSR count). The Morgan fingerprint density at radius 1 is 0.343 bits per heavy atom. The van der Waals surface area contributed by atoms with Crippen LogP contribution in [0.2, 0.25) is 0 Å². The standard InChI is InChI=1S/C31H32O6.C30H31FO5.C29H29FO5.C27H30O2/c1-20-22(4-3-5-26(20)23-8-9-27-28(18-23)36-15-14-35-27)6-7-24-16-21(17-25-11-13-37-29(24)25)10-12-31(2,19-32)30(33)34;1-19-7-8-21(13-14-30(3,18-32)29(33)34)17-23(19)10-9-22-5-4-6-24(20(22)2)25-11-12-26-28(27(25)31)36-16-15-35-26;1-19-21(4-3-5-24(19)22-9-11-26-27(17-22)35-15-14-34-26)7-8-23-16-20(6-10-25(23)30)12-13-29(2,18-31)28(32)33;1-19-12-14-22(15-13-20(2)27(28)29)18-25(19)17-16-23-10-7-11-26(21(23)3)24-8-5-4-6-9-24/h3-9,16-18,32H,10-15,19H2,1-2H3,(H,33,34);4-12,17,32H,13-16,18H2,1-3H3,(H,33,34);3-11,16-17,31H,12-15,18H2,1-2H3,(H,32,33);4-12,14,18,20H,13,15-17H2,1-3H3,(H,28,29)/b7-6+;10-9+;8-7+;/t;30-;;/m.0../s1. The maximum absolute atomic E-state index is 15.3. The van der Waals surface area contributed by atoms with Gasteiger partial charge < -0.3 is 68.9 Å². The fourth-order valence-electron chi connectivity index (χ4n) is 17.1. The third-order valence-corrected chi connectivity index (χ3v) is 26.8. The van der Waals surface area contributed by atoms with Gasteiger partial charge in [-0.1, -0.05) is 207 Å². The zero-order valence-corrected chi connectivity index (χ0v) is 79.6. The molecule has 0 radical (unpaired) electrons. The predicted octanol–water partition coefficient (Wildman–Crippen LogP) is 23.8. The molecule has 4 aliphatic rings. The van der Waals surface area contributed by atoms with E-state index < -0.39 is 59.2 Å². The summed E-state index contributed by atoms with van der Waals surface area (Å²) in [5, 5.41) is 66.0. The first-order chi connectivity index (χ1) is 65.9. The van der Waals surface area contributed by atoms with Crippen molar-refractivity contribution in [3.63, 3.8) is 0 Å². The summed E-state index contributed by atoms with van der Waals surface area (Å²) in [4.78, 5) is 45.6. The highest BCUT2D eigenvalue weighted by molar-refractivity contribution is 5.84. The summed E-state index contributed by atoms with van der Waals surface area (Å²) in [5.74, 6) is -0.316. The summed E-state index contributed by atoms with van der Waals surface area (Å²) in [6, 6.07) is 72.2. The molecule has 4 aliphatic heterocycles. The van der Waals surface area contributed by atoms with E-state index in [1.807, 2.05) is 124 Å². The minimum absolute atomic E-state index is 0.159. The summed E-state index contributed by atoms with van der Waals surface area (Å²) < 4.78 is 69.5. The largest absolute Gasteiger partial charge is 0.492 e. The van der Waals surface area contributed by atoms with Crippen molar-refractivity contribution in [1.29, 1.82) is 0 Å². The lowest BCUT2D eigenvalue weighted by Crippen LogP contribution is -2.32. The number of benzene rings is 12. The SMILES string of the molecule is Cc1c(/C=C/c2cc(CCC(C)(CO)C(=O)O)cc3c2OCC3)cccc1-c1ccc2c(c1)OCCO2.Cc1c(/C=C/c2cc(CCC(C)(CO)C(=O)O)ccc2F)cccc1-c1ccc2c(c1)OCCO2.Cc1ccc(CCC(C)C(=O)O)cc1CCc1cccc(-c2ccccc2)c1C.Cc1ccc(CC[C@@](C)(CO)C(=O)O)cc1/C=C/c1cccc(-c2ccc3c(c2F)OCCO3)c1C. The van der Waals surface area contributed by atoms with E-state index in [1.54, 1.807) is 51.1 Å². The van der Waals surface area contributed by atoms with Gasteiger partial charge in [-0.05, 0) is 315 Å². The van der Waals surface area contributed by atoms with Crippen LogP contribution in [0.5, 0.6) is 40.2 Å². The smallest absolute Gasteiger partial charge is 0.311 e. The lowest BCUT2D eigenvalue weighted by molar-refractivity contribution is -0.151. The van der Waals surface area contributed by atoms with Gasteiger partial charge in [0.05, 0.1) is 48.6 Å². The van der Waals surface area contributed by atoms with Gasteiger partial charge >= 0.3 is 23.9 Å². The maximum atomic E-state index is 15.3. The summed E-state index contributed by atoms with van der Waals surface area (Å²) in [7, 11) is 0. The highest BCUT2D eigenvalue weighted by Crippen LogP contribution is 2.44. The molecular formula is C117H122F2O18. The van der Waals surface area contributed by atoms with E-state index in [2.05, 4.69) is 136 Å². The molecule has 712 valence electrons. The molecule has 20 heteroatoms. The second-order valence-electron chi connectivity index (χ2n) is 36.6. The molecule has 0 amide bonds. The number of aliphatic carboxylic acids is 4. The molecule has 4 atom stereocenters. The van der Waals surface area contributed by atoms with E-state index in [-0.39, 0.29) is 30.5 Å². The van der Waals surface area contributed by atoms with Crippen molar-refractivity contribution >= 4 is 60.3 Å². The van der Waals surface area contributed by atoms with Crippen molar-refractivity contribution in [1.82, 2.24) is 0 Å². The molecule has 0 aliphatic carbocycles. The topological polar surface area (TPSA) is 274 Å². The first-order valence-electron chi connectivity index (χ1n) is 46.7. The van der Waals surface area contributed by atoms with E-state index in [9.17, 15) is 54.2 Å². The number of carboxylic acid groups (broad SMARTS) is 4. The lowest BCUT2D eigenvalue weighted by atomic mass is 9.84. The molecule has 0 bridgehead atoms. The number of carbonyl (C=O) groups is 4. The highest BCUT2D eigenvalue weighted by Gasteiger charge is 2.35. The number of halogens is 2. The van der Waals surface area contributed by atoms with Crippen molar-refractivity contribution in [3.05, 3.63) is 336 Å². The third-order valence-electron chi connectivity index (χ3n) is 26.8. The second kappa shape index (κ2) is 46.1. The van der Waals surface area contributed by atoms with Gasteiger partial charge in [0.15, 0.2) is 40.3 Å². The quantitative estimate of drug-likeness (QED) is 0.0193. The molecular weight excluding hydrogens is 1730 g/mol. The Balaban J connectivity index is 0.000000155. The van der Waals surface area contributed by atoms with E-state index >= 15 is 4.39 Å². The molecule has 137 heavy (non-hydrogen) atoms. The van der Waals surface area contributed by atoms with Gasteiger partial charge in [0.2, 0.25) is 0 Å². The minimum atomic E-state index is -1.23. The van der Waals surface area contributed by atoms with Crippen LogP contribution in [0, 0.1) is 75.3 Å². The van der Waals surface area contributed by atoms with Crippen LogP contribution in [-0.2, 0) is 64.1 Å². The van der Waals surface area contributed by atoms with Crippen molar-refractivity contribution < 1.29 is 96.9 Å². The first kappa shape index (κ1) is 101. The minimum Gasteiger partial charge on any atom is -0.492 e. The molecule has 4 heterocycles. The van der Waals surface area contributed by atoms with Crippen LogP contribution in [0.3, 0.4) is 0 Å². The number of hydrogen-bond acceptors (Lipinski definition) is 14. The van der Waals surface area contributed by atoms with Crippen molar-refractivity contribution in [3.8, 4) is 84.8 Å². The van der Waals surface area contributed by atoms with E-state index in [0.29, 0.717) is 102 Å². The van der Waals surface area contributed by atoms with Gasteiger partial charge in [0.1, 0.15) is 51.2 Å². The first-order valence-corrected chi connectivity index (χ1v) is 46.7. The van der Waals surface area contributed by atoms with Crippen LogP contribution in [0.25, 0.3) is 81.0 Å². The third kappa shape index (κ3) is 25.1. The number of carboxylic acids is 4. The zero-order chi connectivity index (χ0) is 97.7. The number of aliphatic hydroxyl groups excluding tert-OH is 3. The van der Waals surface area contributed by atoms with Crippen LogP contribution in [0.15, 0.2) is 218 Å². The van der Waals surface area contributed by atoms with Crippen molar-refractivity contribution in [2.24, 2.45) is 22.2 Å². The Bertz CT molecular complexity index is 6450. The van der Waals surface area contributed by atoms with Gasteiger partial charge in [-0.25, -0.2) is 8.78 Å². The van der Waals surface area contributed by atoms with Crippen LogP contribution < -0.4 is 33.2 Å². The van der Waals surface area contributed by atoms with Gasteiger partial charge in [-0.3, -0.25) is 19.2 Å². The van der Waals surface area contributed by atoms with Crippen LogP contribution in [-0.4, -0.2) is 126 Å². The Kier molecular flexibility index (Phi) is 33.8. The molecule has 0 fully saturated rings. The molecule has 0 aromatic heterocycles. The predicted molar refractivity (Wildman–Crippen MR) is 537 cm³/mol. The summed E-state index contributed by atoms with van der Waals surface area (Å²) in [6.45, 7) is 21.3. The summed E-state index contributed by atoms with van der Waals surface area (Å²) in [6.07, 6.45) is 18.6.